The van der Waals surface area contributed by atoms with Gasteiger partial charge in [0.15, 0.2) is 5.82 Å². The molecule has 1 aliphatic carbocycles. The molecule has 1 aliphatic rings. The Hall–Kier alpha value is -3.62. The summed E-state index contributed by atoms with van der Waals surface area (Å²) in [6.07, 6.45) is 5.71. The Bertz CT molecular complexity index is 1550. The quantitative estimate of drug-likeness (QED) is 0.262. The third kappa shape index (κ3) is 5.19. The average molecular weight is 525 g/mol. The van der Waals surface area contributed by atoms with Crippen LogP contribution in [-0.4, -0.2) is 30.1 Å². The van der Waals surface area contributed by atoms with Gasteiger partial charge in [-0.25, -0.2) is 4.68 Å². The molecule has 3 aromatic heterocycles. The second kappa shape index (κ2) is 11.0. The average Bonchev–Trinajstić information content (AvgIpc) is 3.63. The predicted molar refractivity (Wildman–Crippen MR) is 151 cm³/mol. The van der Waals surface area contributed by atoms with Crippen LogP contribution >= 0.6 is 11.3 Å². The highest BCUT2D eigenvalue weighted by Gasteiger charge is 2.33. The van der Waals surface area contributed by atoms with Gasteiger partial charge in [-0.1, -0.05) is 67.3 Å². The highest BCUT2D eigenvalue weighted by Crippen LogP contribution is 2.35. The number of nitrogens with zero attached hydrogens (tertiary/aromatic N) is 5. The molecule has 194 valence electrons. The van der Waals surface area contributed by atoms with Crippen molar-refractivity contribution in [1.29, 1.82) is 0 Å². The van der Waals surface area contributed by atoms with Crippen LogP contribution in [0.25, 0.3) is 10.9 Å². The number of nitrogens with one attached hydrogen (secondary N) is 1. The van der Waals surface area contributed by atoms with Gasteiger partial charge in [-0.15, -0.1) is 16.4 Å². The van der Waals surface area contributed by atoms with Crippen LogP contribution in [0.15, 0.2) is 76.9 Å². The summed E-state index contributed by atoms with van der Waals surface area (Å²) in [5.41, 5.74) is 3.73. The zero-order valence-corrected chi connectivity index (χ0v) is 22.4. The fourth-order valence-electron chi connectivity index (χ4n) is 5.67. The van der Waals surface area contributed by atoms with E-state index in [-0.39, 0.29) is 11.6 Å². The molecule has 1 atom stereocenters. The van der Waals surface area contributed by atoms with Crippen LogP contribution in [0, 0.1) is 6.92 Å². The zero-order valence-electron chi connectivity index (χ0n) is 21.6. The van der Waals surface area contributed by atoms with Gasteiger partial charge in [-0.2, -0.15) is 0 Å². The van der Waals surface area contributed by atoms with Crippen molar-refractivity contribution in [3.05, 3.63) is 110 Å². The zero-order chi connectivity index (χ0) is 25.9. The number of pyridine rings is 1. The molecular weight excluding hydrogens is 492 g/mol. The summed E-state index contributed by atoms with van der Waals surface area (Å²) in [7, 11) is 0. The molecule has 0 spiro atoms. The predicted octanol–water partition coefficient (Wildman–Crippen LogP) is 6.18. The molecule has 5 aromatic rings. The van der Waals surface area contributed by atoms with Crippen LogP contribution < -0.4 is 5.56 Å². The lowest BCUT2D eigenvalue weighted by atomic mass is 9.95. The van der Waals surface area contributed by atoms with Gasteiger partial charge in [0.25, 0.3) is 5.56 Å². The normalized spacial score (nSPS) is 15.3. The summed E-state index contributed by atoms with van der Waals surface area (Å²) < 4.78 is 2.01. The Morgan fingerprint density at radius 1 is 1.03 bits per heavy atom. The van der Waals surface area contributed by atoms with Crippen molar-refractivity contribution in [1.82, 2.24) is 30.1 Å². The van der Waals surface area contributed by atoms with Crippen LogP contribution in [0.3, 0.4) is 0 Å². The summed E-state index contributed by atoms with van der Waals surface area (Å²) in [6, 6.07) is 22.7. The largest absolute Gasteiger partial charge is 0.322 e. The monoisotopic (exact) mass is 524 g/mol. The van der Waals surface area contributed by atoms with Crippen LogP contribution in [0.1, 0.15) is 71.6 Å². The van der Waals surface area contributed by atoms with Gasteiger partial charge in [0, 0.05) is 29.0 Å². The third-order valence-corrected chi connectivity index (χ3v) is 8.40. The van der Waals surface area contributed by atoms with E-state index in [1.54, 1.807) is 11.3 Å². The maximum atomic E-state index is 13.7. The first-order valence-electron chi connectivity index (χ1n) is 13.4. The van der Waals surface area contributed by atoms with E-state index in [2.05, 4.69) is 80.2 Å². The molecule has 3 heterocycles. The number of H-pyrrole nitrogens is 1. The summed E-state index contributed by atoms with van der Waals surface area (Å²) in [5, 5.41) is 16.4. The summed E-state index contributed by atoms with van der Waals surface area (Å²) in [6.45, 7) is 3.41. The first kappa shape index (κ1) is 24.7. The van der Waals surface area contributed by atoms with E-state index in [9.17, 15) is 4.79 Å². The van der Waals surface area contributed by atoms with Gasteiger partial charge in [0.2, 0.25) is 0 Å². The molecule has 1 fully saturated rings. The number of fused-ring (bicyclic) bond motifs is 1. The Kier molecular flexibility index (Phi) is 7.16. The lowest BCUT2D eigenvalue weighted by Crippen LogP contribution is -2.35. The fourth-order valence-corrected chi connectivity index (χ4v) is 6.40. The van der Waals surface area contributed by atoms with Crippen molar-refractivity contribution < 1.29 is 0 Å². The lowest BCUT2D eigenvalue weighted by Gasteiger charge is -2.32. The number of hydrogen-bond donors (Lipinski definition) is 1. The molecule has 0 unspecified atom stereocenters. The van der Waals surface area contributed by atoms with Gasteiger partial charge in [-0.3, -0.25) is 9.69 Å². The lowest BCUT2D eigenvalue weighted by molar-refractivity contribution is 0.188. The minimum atomic E-state index is -0.414. The van der Waals surface area contributed by atoms with Gasteiger partial charge in [0.05, 0.1) is 6.04 Å². The Morgan fingerprint density at radius 2 is 1.87 bits per heavy atom. The molecule has 0 bridgehead atoms. The van der Waals surface area contributed by atoms with Crippen LogP contribution in [-0.2, 0) is 13.1 Å². The number of tetrazole rings is 1. The molecule has 1 N–H and O–H groups in total. The molecule has 6 rings (SSSR count). The van der Waals surface area contributed by atoms with Crippen molar-refractivity contribution >= 4 is 22.2 Å². The molecular formula is C30H32N6OS. The van der Waals surface area contributed by atoms with Crippen molar-refractivity contribution in [2.45, 2.75) is 64.2 Å². The third-order valence-electron chi connectivity index (χ3n) is 7.54. The van der Waals surface area contributed by atoms with E-state index in [1.165, 1.54) is 29.7 Å². The molecule has 8 heteroatoms. The second-order valence-corrected chi connectivity index (χ2v) is 11.3. The maximum Gasteiger partial charge on any atom is 0.253 e. The number of aromatic nitrogens is 5. The van der Waals surface area contributed by atoms with E-state index < -0.39 is 6.04 Å². The Balaban J connectivity index is 1.53. The van der Waals surface area contributed by atoms with E-state index in [0.717, 1.165) is 35.1 Å². The first-order valence-corrected chi connectivity index (χ1v) is 14.3. The molecule has 7 nitrogen and oxygen atoms in total. The molecule has 0 amide bonds. The first-order chi connectivity index (χ1) is 18.7. The SMILES string of the molecule is Cc1ccc2[nH]c(=O)c([C@@H](c3nnnn3C3CCCCC3)N(Cc3ccccc3)Cc3cccs3)cc2c1. The highest BCUT2D eigenvalue weighted by atomic mass is 32.1. The van der Waals surface area contributed by atoms with Crippen LogP contribution in [0.5, 0.6) is 0 Å². The van der Waals surface area contributed by atoms with Crippen molar-refractivity contribution in [3.8, 4) is 0 Å². The summed E-state index contributed by atoms with van der Waals surface area (Å²) in [5.74, 6) is 0.738. The second-order valence-electron chi connectivity index (χ2n) is 10.3. The number of benzene rings is 2. The number of aromatic amines is 1. The van der Waals surface area contributed by atoms with Gasteiger partial charge < -0.3 is 4.98 Å². The fraction of sp³-hybridized carbons (Fsp3) is 0.333. The smallest absolute Gasteiger partial charge is 0.253 e. The van der Waals surface area contributed by atoms with Crippen molar-refractivity contribution in [2.24, 2.45) is 0 Å². The van der Waals surface area contributed by atoms with Crippen molar-refractivity contribution in [3.63, 3.8) is 0 Å². The number of thiophene rings is 1. The maximum absolute atomic E-state index is 13.7. The minimum absolute atomic E-state index is 0.103. The van der Waals surface area contributed by atoms with E-state index in [0.29, 0.717) is 18.7 Å². The molecule has 0 saturated heterocycles. The number of aryl methyl sites for hydroxylation is 1. The van der Waals surface area contributed by atoms with Crippen LogP contribution in [0.2, 0.25) is 0 Å². The van der Waals surface area contributed by atoms with E-state index in [1.807, 2.05) is 28.9 Å². The van der Waals surface area contributed by atoms with E-state index in [4.69, 9.17) is 0 Å². The topological polar surface area (TPSA) is 79.7 Å². The molecule has 38 heavy (non-hydrogen) atoms. The van der Waals surface area contributed by atoms with Crippen LogP contribution in [0.4, 0.5) is 0 Å². The molecule has 1 saturated carbocycles. The van der Waals surface area contributed by atoms with Crippen molar-refractivity contribution in [2.75, 3.05) is 0 Å². The summed E-state index contributed by atoms with van der Waals surface area (Å²) in [4.78, 5) is 20.5. The number of rotatable bonds is 8. The Labute approximate surface area is 226 Å². The highest BCUT2D eigenvalue weighted by molar-refractivity contribution is 7.09. The molecule has 0 aliphatic heterocycles. The van der Waals surface area contributed by atoms with E-state index >= 15 is 0 Å². The Morgan fingerprint density at radius 3 is 2.66 bits per heavy atom. The minimum Gasteiger partial charge on any atom is -0.322 e. The summed E-state index contributed by atoms with van der Waals surface area (Å²) >= 11 is 1.73. The molecule has 2 aromatic carbocycles. The van der Waals surface area contributed by atoms with Gasteiger partial charge in [0.1, 0.15) is 6.04 Å². The number of hydrogen-bond acceptors (Lipinski definition) is 6. The standard InChI is InChI=1S/C30H32N6OS/c1-21-14-15-27-23(17-21)18-26(30(37)31-27)28(29-32-33-34-36(29)24-11-6-3-7-12-24)35(20-25-13-8-16-38-25)19-22-9-4-2-5-10-22/h2,4-5,8-10,13-18,24,28H,3,6-7,11-12,19-20H2,1H3,(H,31,37)/t28-/m0/s1. The van der Waals surface area contributed by atoms with Gasteiger partial charge in [-0.05, 0) is 70.8 Å². The molecule has 0 radical (unpaired) electrons. The van der Waals surface area contributed by atoms with Gasteiger partial charge >= 0.3 is 0 Å².